The molecule has 1 aromatic heterocycles. The molecule has 0 unspecified atom stereocenters. The van der Waals surface area contributed by atoms with E-state index in [2.05, 4.69) is 20.2 Å². The molecule has 2 aromatic rings. The van der Waals surface area contributed by atoms with Gasteiger partial charge in [-0.1, -0.05) is 0 Å². The largest absolute Gasteiger partial charge is 0.497 e. The zero-order valence-corrected chi connectivity index (χ0v) is 10.4. The van der Waals surface area contributed by atoms with Crippen molar-refractivity contribution in [2.45, 2.75) is 13.8 Å². The van der Waals surface area contributed by atoms with Gasteiger partial charge in [-0.05, 0) is 53.8 Å². The van der Waals surface area contributed by atoms with Crippen LogP contribution in [0.25, 0.3) is 21.7 Å². The fourth-order valence-corrected chi connectivity index (χ4v) is 1.98. The predicted molar refractivity (Wildman–Crippen MR) is 68.9 cm³/mol. The Morgan fingerprint density at radius 1 is 1.28 bits per heavy atom. The molecular weight excluding hydrogens is 230 g/mol. The van der Waals surface area contributed by atoms with Crippen molar-refractivity contribution >= 4 is 5.82 Å². The van der Waals surface area contributed by atoms with E-state index in [9.17, 15) is 0 Å². The van der Waals surface area contributed by atoms with Crippen LogP contribution in [-0.4, -0.2) is 17.3 Å². The SMILES string of the molecule is COc1cc(C)c(-c2cc(N=[N+]=[N-])[nH]n2)c(C)c1. The second-order valence-corrected chi connectivity index (χ2v) is 3.96. The maximum Gasteiger partial charge on any atom is 0.122 e. The van der Waals surface area contributed by atoms with Crippen molar-refractivity contribution in [3.05, 3.63) is 39.8 Å². The molecule has 1 heterocycles. The summed E-state index contributed by atoms with van der Waals surface area (Å²) in [5.74, 6) is 1.22. The van der Waals surface area contributed by atoms with Gasteiger partial charge in [-0.15, -0.1) is 0 Å². The smallest absolute Gasteiger partial charge is 0.122 e. The number of ether oxygens (including phenoxy) is 1. The van der Waals surface area contributed by atoms with Crippen molar-refractivity contribution in [3.63, 3.8) is 0 Å². The van der Waals surface area contributed by atoms with Crippen LogP contribution in [0, 0.1) is 13.8 Å². The second-order valence-electron chi connectivity index (χ2n) is 3.96. The molecule has 0 radical (unpaired) electrons. The van der Waals surface area contributed by atoms with Crippen LogP contribution in [0.3, 0.4) is 0 Å². The molecule has 6 nitrogen and oxygen atoms in total. The molecule has 0 saturated carbocycles. The molecule has 0 aliphatic rings. The van der Waals surface area contributed by atoms with Crippen LogP contribution in [0.1, 0.15) is 11.1 Å². The van der Waals surface area contributed by atoms with Gasteiger partial charge in [0.2, 0.25) is 0 Å². The van der Waals surface area contributed by atoms with Gasteiger partial charge in [0.25, 0.3) is 0 Å². The fourth-order valence-electron chi connectivity index (χ4n) is 1.98. The first-order valence-corrected chi connectivity index (χ1v) is 5.42. The molecule has 6 heteroatoms. The van der Waals surface area contributed by atoms with Gasteiger partial charge >= 0.3 is 0 Å². The van der Waals surface area contributed by atoms with E-state index in [0.29, 0.717) is 5.82 Å². The molecule has 92 valence electrons. The van der Waals surface area contributed by atoms with Crippen LogP contribution >= 0.6 is 0 Å². The molecule has 1 aromatic carbocycles. The molecule has 2 rings (SSSR count). The van der Waals surface area contributed by atoms with Gasteiger partial charge in [0.1, 0.15) is 11.6 Å². The lowest BCUT2D eigenvalue weighted by Crippen LogP contribution is -1.91. The third-order valence-electron chi connectivity index (χ3n) is 2.71. The Hall–Kier alpha value is -2.46. The number of aryl methyl sites for hydroxylation is 2. The highest BCUT2D eigenvalue weighted by molar-refractivity contribution is 5.70. The molecule has 0 amide bonds. The minimum Gasteiger partial charge on any atom is -0.497 e. The Kier molecular flexibility index (Phi) is 3.21. The van der Waals surface area contributed by atoms with Crippen molar-refractivity contribution in [2.75, 3.05) is 7.11 Å². The summed E-state index contributed by atoms with van der Waals surface area (Å²) in [7, 11) is 1.64. The molecule has 18 heavy (non-hydrogen) atoms. The van der Waals surface area contributed by atoms with E-state index < -0.39 is 0 Å². The minimum atomic E-state index is 0.405. The van der Waals surface area contributed by atoms with Crippen molar-refractivity contribution < 1.29 is 4.74 Å². The van der Waals surface area contributed by atoms with Gasteiger partial charge in [-0.25, -0.2) is 0 Å². The number of azide groups is 1. The summed E-state index contributed by atoms with van der Waals surface area (Å²) in [5.41, 5.74) is 12.3. The Balaban J connectivity index is 2.52. The van der Waals surface area contributed by atoms with Crippen LogP contribution in [0.2, 0.25) is 0 Å². The third kappa shape index (κ3) is 2.14. The maximum absolute atomic E-state index is 8.37. The Morgan fingerprint density at radius 2 is 1.94 bits per heavy atom. The highest BCUT2D eigenvalue weighted by atomic mass is 16.5. The lowest BCUT2D eigenvalue weighted by molar-refractivity contribution is 0.414. The van der Waals surface area contributed by atoms with Crippen LogP contribution in [-0.2, 0) is 0 Å². The van der Waals surface area contributed by atoms with Crippen LogP contribution < -0.4 is 4.74 Å². The van der Waals surface area contributed by atoms with Gasteiger partial charge in [-0.3, -0.25) is 5.10 Å². The lowest BCUT2D eigenvalue weighted by atomic mass is 9.99. The standard InChI is InChI=1S/C12H13N5O/c1-7-4-9(18-3)5-8(2)12(7)10-6-11(15-14-10)16-17-13/h4-6H,1-3H3,(H,14,15). The Labute approximate surface area is 104 Å². The number of nitrogens with one attached hydrogen (secondary N) is 1. The molecule has 0 bridgehead atoms. The van der Waals surface area contributed by atoms with Crippen LogP contribution in [0.15, 0.2) is 23.3 Å². The molecule has 1 N–H and O–H groups in total. The first kappa shape index (κ1) is 12.0. The summed E-state index contributed by atoms with van der Waals surface area (Å²) < 4.78 is 5.22. The molecule has 0 fully saturated rings. The molecule has 0 aliphatic carbocycles. The molecule has 0 atom stereocenters. The number of nitrogens with zero attached hydrogens (tertiary/aromatic N) is 4. The summed E-state index contributed by atoms with van der Waals surface area (Å²) in [5, 5.41) is 10.3. The summed E-state index contributed by atoms with van der Waals surface area (Å²) in [6.07, 6.45) is 0. The van der Waals surface area contributed by atoms with Crippen molar-refractivity contribution in [1.82, 2.24) is 10.2 Å². The van der Waals surface area contributed by atoms with Crippen molar-refractivity contribution in [1.29, 1.82) is 0 Å². The number of hydrogen-bond donors (Lipinski definition) is 1. The fraction of sp³-hybridized carbons (Fsp3) is 0.250. The first-order chi connectivity index (χ1) is 8.65. The van der Waals surface area contributed by atoms with Gasteiger partial charge in [0.15, 0.2) is 0 Å². The average molecular weight is 243 g/mol. The zero-order chi connectivity index (χ0) is 13.1. The number of H-pyrrole nitrogens is 1. The molecule has 0 saturated heterocycles. The maximum atomic E-state index is 8.37. The van der Waals surface area contributed by atoms with E-state index in [0.717, 1.165) is 28.1 Å². The Bertz CT molecular complexity index is 602. The highest BCUT2D eigenvalue weighted by Crippen LogP contribution is 2.31. The summed E-state index contributed by atoms with van der Waals surface area (Å²) in [6, 6.07) is 5.62. The first-order valence-electron chi connectivity index (χ1n) is 5.42. The molecule has 0 spiro atoms. The number of methoxy groups -OCH3 is 1. The normalized spacial score (nSPS) is 9.94. The topological polar surface area (TPSA) is 86.7 Å². The third-order valence-corrected chi connectivity index (χ3v) is 2.71. The van der Waals surface area contributed by atoms with Gasteiger partial charge in [0, 0.05) is 10.5 Å². The zero-order valence-electron chi connectivity index (χ0n) is 10.4. The Morgan fingerprint density at radius 3 is 2.50 bits per heavy atom. The van der Waals surface area contributed by atoms with E-state index >= 15 is 0 Å². The number of aromatic amines is 1. The summed E-state index contributed by atoms with van der Waals surface area (Å²) >= 11 is 0. The van der Waals surface area contributed by atoms with E-state index in [1.54, 1.807) is 13.2 Å². The van der Waals surface area contributed by atoms with Crippen molar-refractivity contribution in [3.8, 4) is 17.0 Å². The van der Waals surface area contributed by atoms with Crippen molar-refractivity contribution in [2.24, 2.45) is 5.11 Å². The second kappa shape index (κ2) is 4.81. The van der Waals surface area contributed by atoms with Crippen LogP contribution in [0.5, 0.6) is 5.75 Å². The van der Waals surface area contributed by atoms with Crippen LogP contribution in [0.4, 0.5) is 5.82 Å². The monoisotopic (exact) mass is 243 g/mol. The van der Waals surface area contributed by atoms with E-state index in [1.807, 2.05) is 26.0 Å². The summed E-state index contributed by atoms with van der Waals surface area (Å²) in [4.78, 5) is 2.72. The van der Waals surface area contributed by atoms with E-state index in [4.69, 9.17) is 10.3 Å². The van der Waals surface area contributed by atoms with Gasteiger partial charge in [-0.2, -0.15) is 5.10 Å². The number of benzene rings is 1. The number of hydrogen-bond acceptors (Lipinski definition) is 3. The minimum absolute atomic E-state index is 0.405. The lowest BCUT2D eigenvalue weighted by Gasteiger charge is -2.09. The number of rotatable bonds is 3. The van der Waals surface area contributed by atoms with Gasteiger partial charge in [0.05, 0.1) is 12.8 Å². The van der Waals surface area contributed by atoms with E-state index in [-0.39, 0.29) is 0 Å². The molecule has 0 aliphatic heterocycles. The van der Waals surface area contributed by atoms with Gasteiger partial charge < -0.3 is 4.74 Å². The van der Waals surface area contributed by atoms with E-state index in [1.165, 1.54) is 0 Å². The quantitative estimate of drug-likeness (QED) is 0.506. The summed E-state index contributed by atoms with van der Waals surface area (Å²) in [6.45, 7) is 3.99. The highest BCUT2D eigenvalue weighted by Gasteiger charge is 2.11. The predicted octanol–water partition coefficient (Wildman–Crippen LogP) is 3.64. The molecular formula is C12H13N5O. The number of aromatic nitrogens is 2. The average Bonchev–Trinajstić information content (AvgIpc) is 2.77.